The van der Waals surface area contributed by atoms with Crippen LogP contribution in [0, 0.1) is 5.92 Å². The minimum Gasteiger partial charge on any atom is -0.462 e. The topological polar surface area (TPSA) is 160 Å². The van der Waals surface area contributed by atoms with E-state index in [-0.39, 0.29) is 19.4 Å². The van der Waals surface area contributed by atoms with E-state index in [1.54, 1.807) is 0 Å². The number of phosphoric ester groups is 1. The summed E-state index contributed by atoms with van der Waals surface area (Å²) in [7, 11) is -4.79. The molecule has 0 amide bonds. The van der Waals surface area contributed by atoms with Crippen molar-refractivity contribution in [2.75, 3.05) is 13.2 Å². The first-order valence-electron chi connectivity index (χ1n) is 21.5. The van der Waals surface area contributed by atoms with Crippen molar-refractivity contribution in [2.24, 2.45) is 5.92 Å². The van der Waals surface area contributed by atoms with E-state index in [2.05, 4.69) is 31.4 Å². The minimum atomic E-state index is -4.79. The van der Waals surface area contributed by atoms with Gasteiger partial charge in [-0.15, -0.1) is 0 Å². The van der Waals surface area contributed by atoms with Crippen LogP contribution in [0.4, 0.5) is 0 Å². The molecular formula is C42H81O10P. The van der Waals surface area contributed by atoms with Crippen molar-refractivity contribution in [2.45, 2.75) is 225 Å². The zero-order chi connectivity index (χ0) is 39.4. The predicted molar refractivity (Wildman–Crippen MR) is 214 cm³/mol. The Hall–Kier alpha value is -1.29. The van der Waals surface area contributed by atoms with Gasteiger partial charge in [-0.3, -0.25) is 14.1 Å². The second kappa shape index (κ2) is 36.4. The Morgan fingerprint density at radius 3 is 1.60 bits per heavy atom. The number of hydrogen-bond acceptors (Lipinski definition) is 8. The van der Waals surface area contributed by atoms with Gasteiger partial charge < -0.3 is 29.5 Å². The predicted octanol–water partition coefficient (Wildman–Crippen LogP) is 10.8. The maximum Gasteiger partial charge on any atom is 0.469 e. The molecule has 0 aliphatic carbocycles. The molecule has 0 aromatic heterocycles. The zero-order valence-corrected chi connectivity index (χ0v) is 35.0. The van der Waals surface area contributed by atoms with Gasteiger partial charge in [0.05, 0.1) is 18.8 Å². The maximum absolute atomic E-state index is 12.4. The third-order valence-corrected chi connectivity index (χ3v) is 10.5. The molecule has 0 rings (SSSR count). The molecule has 0 radical (unpaired) electrons. The van der Waals surface area contributed by atoms with Gasteiger partial charge in [0.1, 0.15) is 6.61 Å². The molecule has 0 heterocycles. The molecule has 0 aliphatic rings. The number of ether oxygens (including phenoxy) is 2. The summed E-state index contributed by atoms with van der Waals surface area (Å²) >= 11 is 0. The fourth-order valence-corrected chi connectivity index (χ4v) is 6.62. The number of esters is 2. The lowest BCUT2D eigenvalue weighted by Crippen LogP contribution is -2.29. The van der Waals surface area contributed by atoms with E-state index in [0.717, 1.165) is 63.7 Å². The van der Waals surface area contributed by atoms with E-state index >= 15 is 0 Å². The fraction of sp³-hybridized carbons (Fsp3) is 0.905. The first-order valence-corrected chi connectivity index (χ1v) is 23.1. The first kappa shape index (κ1) is 51.7. The number of rotatable bonds is 39. The number of phosphoric acid groups is 1. The molecule has 11 heteroatoms. The third kappa shape index (κ3) is 37.4. The Balaban J connectivity index is 4.00. The summed E-state index contributed by atoms with van der Waals surface area (Å²) in [5.74, 6) is -0.113. The van der Waals surface area contributed by atoms with Crippen molar-refractivity contribution >= 4 is 19.8 Å². The molecule has 0 aliphatic heterocycles. The van der Waals surface area contributed by atoms with E-state index in [0.29, 0.717) is 25.7 Å². The fourth-order valence-electron chi connectivity index (χ4n) is 6.26. The van der Waals surface area contributed by atoms with Crippen LogP contribution in [0.25, 0.3) is 0 Å². The Morgan fingerprint density at radius 1 is 0.604 bits per heavy atom. The van der Waals surface area contributed by atoms with Gasteiger partial charge in [0.25, 0.3) is 0 Å². The highest BCUT2D eigenvalue weighted by Crippen LogP contribution is 2.36. The summed E-state index contributed by atoms with van der Waals surface area (Å²) in [6.07, 6.45) is 30.9. The molecule has 0 aromatic carbocycles. The van der Waals surface area contributed by atoms with Gasteiger partial charge >= 0.3 is 19.8 Å². The summed E-state index contributed by atoms with van der Waals surface area (Å²) in [6, 6.07) is 0. The van der Waals surface area contributed by atoms with Gasteiger partial charge in [-0.1, -0.05) is 168 Å². The Labute approximate surface area is 323 Å². The number of aliphatic hydroxyl groups is 2. The summed E-state index contributed by atoms with van der Waals surface area (Å²) in [4.78, 5) is 42.9. The van der Waals surface area contributed by atoms with Crippen molar-refractivity contribution < 1.29 is 48.2 Å². The standard InChI is InChI=1S/C42H81O10P/c1-4-6-7-8-21-26-31-39(43)40(44)32-27-22-19-24-29-34-42(46)52-38(36-51-53(47,48)49)35-50-41(45)33-28-23-18-16-14-12-10-9-11-13-15-17-20-25-30-37(3)5-2/h21,26,37-40,43-44H,4-20,22-25,27-36H2,1-3H3,(H2,47,48,49)/b26-21-/t37?,38-,39+,40+/m1/s1. The monoisotopic (exact) mass is 777 g/mol. The second-order valence-corrected chi connectivity index (χ2v) is 16.5. The molecule has 1 unspecified atom stereocenters. The average molecular weight is 777 g/mol. The summed E-state index contributed by atoms with van der Waals surface area (Å²) in [5, 5.41) is 20.4. The maximum atomic E-state index is 12.4. The highest BCUT2D eigenvalue weighted by atomic mass is 31.2. The second-order valence-electron chi connectivity index (χ2n) is 15.2. The number of aliphatic hydroxyl groups excluding tert-OH is 2. The molecule has 0 saturated heterocycles. The smallest absolute Gasteiger partial charge is 0.462 e. The van der Waals surface area contributed by atoms with Crippen molar-refractivity contribution in [3.8, 4) is 0 Å². The average Bonchev–Trinajstić information content (AvgIpc) is 3.12. The lowest BCUT2D eigenvalue weighted by atomic mass is 9.99. The lowest BCUT2D eigenvalue weighted by Gasteiger charge is -2.18. The summed E-state index contributed by atoms with van der Waals surface area (Å²) in [6.45, 7) is 5.88. The third-order valence-electron chi connectivity index (χ3n) is 10.0. The van der Waals surface area contributed by atoms with E-state index in [4.69, 9.17) is 19.3 Å². The van der Waals surface area contributed by atoms with Crippen LogP contribution in [0.5, 0.6) is 0 Å². The van der Waals surface area contributed by atoms with Crippen LogP contribution in [-0.4, -0.2) is 63.5 Å². The molecule has 0 fully saturated rings. The highest BCUT2D eigenvalue weighted by Gasteiger charge is 2.23. The van der Waals surface area contributed by atoms with Gasteiger partial charge in [-0.25, -0.2) is 4.57 Å². The van der Waals surface area contributed by atoms with Crippen LogP contribution in [0.1, 0.15) is 207 Å². The molecular weight excluding hydrogens is 695 g/mol. The number of carbonyl (C=O) groups is 2. The molecule has 0 spiro atoms. The molecule has 4 atom stereocenters. The van der Waals surface area contributed by atoms with E-state index in [1.165, 1.54) is 89.9 Å². The highest BCUT2D eigenvalue weighted by molar-refractivity contribution is 7.46. The van der Waals surface area contributed by atoms with Crippen molar-refractivity contribution in [1.29, 1.82) is 0 Å². The molecule has 4 N–H and O–H groups in total. The van der Waals surface area contributed by atoms with Crippen molar-refractivity contribution in [3.05, 3.63) is 12.2 Å². The minimum absolute atomic E-state index is 0.116. The Morgan fingerprint density at radius 2 is 1.09 bits per heavy atom. The molecule has 53 heavy (non-hydrogen) atoms. The zero-order valence-electron chi connectivity index (χ0n) is 34.1. The number of carbonyl (C=O) groups excluding carboxylic acids is 2. The van der Waals surface area contributed by atoms with Gasteiger partial charge in [0.15, 0.2) is 6.10 Å². The van der Waals surface area contributed by atoms with Crippen molar-refractivity contribution in [1.82, 2.24) is 0 Å². The van der Waals surface area contributed by atoms with Gasteiger partial charge in [-0.2, -0.15) is 0 Å². The van der Waals surface area contributed by atoms with E-state index < -0.39 is 44.7 Å². The number of hydrogen-bond donors (Lipinski definition) is 4. The van der Waals surface area contributed by atoms with Crippen LogP contribution in [0.2, 0.25) is 0 Å². The largest absolute Gasteiger partial charge is 0.469 e. The van der Waals surface area contributed by atoms with Gasteiger partial charge in [0, 0.05) is 12.8 Å². The number of allylic oxidation sites excluding steroid dienone is 1. The summed E-state index contributed by atoms with van der Waals surface area (Å²) in [5.41, 5.74) is 0. The number of unbranched alkanes of at least 4 members (excludes halogenated alkanes) is 20. The summed E-state index contributed by atoms with van der Waals surface area (Å²) < 4.78 is 26.3. The normalized spacial score (nSPS) is 14.3. The van der Waals surface area contributed by atoms with Crippen LogP contribution < -0.4 is 0 Å². The molecule has 0 saturated carbocycles. The molecule has 0 bridgehead atoms. The van der Waals surface area contributed by atoms with Crippen LogP contribution in [0.15, 0.2) is 12.2 Å². The van der Waals surface area contributed by atoms with Gasteiger partial charge in [0.2, 0.25) is 0 Å². The Bertz CT molecular complexity index is 924. The SMILES string of the molecule is CCCCC/C=C\C[C@H](O)[C@@H](O)CCCCCCCC(=O)O[C@H](COC(=O)CCCCCCCCCCCCCCCCC(C)CC)COP(=O)(O)O. The van der Waals surface area contributed by atoms with Crippen molar-refractivity contribution in [3.63, 3.8) is 0 Å². The van der Waals surface area contributed by atoms with E-state index in [9.17, 15) is 24.4 Å². The first-order chi connectivity index (χ1) is 25.5. The van der Waals surface area contributed by atoms with E-state index in [1.807, 2.05) is 6.08 Å². The van der Waals surface area contributed by atoms with Crippen LogP contribution >= 0.6 is 7.82 Å². The molecule has 10 nitrogen and oxygen atoms in total. The molecule has 314 valence electrons. The van der Waals surface area contributed by atoms with Gasteiger partial charge in [-0.05, 0) is 44.4 Å². The Kier molecular flexibility index (Phi) is 35.5. The lowest BCUT2D eigenvalue weighted by molar-refractivity contribution is -0.161. The quantitative estimate of drug-likeness (QED) is 0.0205. The van der Waals surface area contributed by atoms with Crippen LogP contribution in [0.3, 0.4) is 0 Å². The molecule has 0 aromatic rings. The van der Waals surface area contributed by atoms with Crippen LogP contribution in [-0.2, 0) is 28.2 Å².